The van der Waals surface area contributed by atoms with Crippen LogP contribution in [0.15, 0.2) is 4.99 Å². The Bertz CT molecular complexity index is 548. The molecule has 2 rings (SSSR count). The molecule has 0 radical (unpaired) electrons. The van der Waals surface area contributed by atoms with Gasteiger partial charge < -0.3 is 20.1 Å². The number of halogens is 1. The van der Waals surface area contributed by atoms with E-state index in [2.05, 4.69) is 15.6 Å². The fourth-order valence-corrected chi connectivity index (χ4v) is 4.97. The van der Waals surface area contributed by atoms with Gasteiger partial charge in [-0.15, -0.1) is 24.0 Å². The van der Waals surface area contributed by atoms with Crippen LogP contribution in [0.5, 0.6) is 0 Å². The van der Waals surface area contributed by atoms with E-state index in [0.717, 1.165) is 64.4 Å². The predicted molar refractivity (Wildman–Crippen MR) is 123 cm³/mol. The molecule has 0 saturated carbocycles. The van der Waals surface area contributed by atoms with E-state index in [-0.39, 0.29) is 35.8 Å². The van der Waals surface area contributed by atoms with Crippen LogP contribution in [0, 0.1) is 0 Å². The summed E-state index contributed by atoms with van der Waals surface area (Å²) < 4.78 is 37.1. The molecule has 0 aliphatic carbocycles. The smallest absolute Gasteiger partial charge is 0.214 e. The highest BCUT2D eigenvalue weighted by Crippen LogP contribution is 2.15. The maximum absolute atomic E-state index is 12.1. The monoisotopic (exact) mass is 532 g/mol. The van der Waals surface area contributed by atoms with E-state index in [1.807, 2.05) is 6.92 Å². The molecular weight excluding hydrogens is 495 g/mol. The van der Waals surface area contributed by atoms with Crippen molar-refractivity contribution < 1.29 is 17.9 Å². The molecule has 0 aromatic rings. The number of nitrogens with one attached hydrogen (secondary N) is 2. The molecule has 0 spiro atoms. The highest BCUT2D eigenvalue weighted by Gasteiger charge is 2.27. The van der Waals surface area contributed by atoms with Crippen molar-refractivity contribution in [1.82, 2.24) is 14.9 Å². The summed E-state index contributed by atoms with van der Waals surface area (Å²) in [6, 6.07) is 0.253. The van der Waals surface area contributed by atoms with Crippen molar-refractivity contribution in [3.63, 3.8) is 0 Å². The van der Waals surface area contributed by atoms with Crippen LogP contribution in [0.3, 0.4) is 0 Å². The molecule has 0 unspecified atom stereocenters. The van der Waals surface area contributed by atoms with Crippen molar-refractivity contribution in [3.05, 3.63) is 0 Å². The third-order valence-electron chi connectivity index (χ3n) is 5.01. The zero-order chi connectivity index (χ0) is 19.5. The Balaban J connectivity index is 0.00000392. The molecule has 28 heavy (non-hydrogen) atoms. The number of sulfonamides is 1. The van der Waals surface area contributed by atoms with Gasteiger partial charge in [0.15, 0.2) is 5.96 Å². The second kappa shape index (κ2) is 13.9. The van der Waals surface area contributed by atoms with Crippen molar-refractivity contribution in [1.29, 1.82) is 0 Å². The molecule has 0 aromatic heterocycles. The highest BCUT2D eigenvalue weighted by molar-refractivity contribution is 14.0. The van der Waals surface area contributed by atoms with Crippen molar-refractivity contribution in [2.75, 3.05) is 52.3 Å². The van der Waals surface area contributed by atoms with Gasteiger partial charge in [-0.2, -0.15) is 0 Å². The van der Waals surface area contributed by atoms with Gasteiger partial charge in [0.25, 0.3) is 0 Å². The van der Waals surface area contributed by atoms with Crippen molar-refractivity contribution in [2.45, 2.75) is 57.6 Å². The van der Waals surface area contributed by atoms with Gasteiger partial charge in [-0.1, -0.05) is 6.92 Å². The van der Waals surface area contributed by atoms with Gasteiger partial charge in [0.05, 0.1) is 11.9 Å². The Kier molecular flexibility index (Phi) is 12.9. The third-order valence-corrected chi connectivity index (χ3v) is 7.09. The summed E-state index contributed by atoms with van der Waals surface area (Å²) >= 11 is 0. The topological polar surface area (TPSA) is 92.3 Å². The van der Waals surface area contributed by atoms with Gasteiger partial charge in [0, 0.05) is 52.5 Å². The van der Waals surface area contributed by atoms with Crippen LogP contribution in [0.1, 0.15) is 45.4 Å². The zero-order valence-corrected chi connectivity index (χ0v) is 20.3. The van der Waals surface area contributed by atoms with E-state index in [1.54, 1.807) is 11.4 Å². The molecule has 2 aliphatic heterocycles. The second-order valence-corrected chi connectivity index (χ2v) is 9.26. The van der Waals surface area contributed by atoms with E-state index in [0.29, 0.717) is 25.6 Å². The van der Waals surface area contributed by atoms with Gasteiger partial charge in [-0.25, -0.2) is 12.7 Å². The fraction of sp³-hybridized carbons (Fsp3) is 0.944. The van der Waals surface area contributed by atoms with Crippen LogP contribution in [0.2, 0.25) is 0 Å². The molecular formula is C18H37IN4O4S. The van der Waals surface area contributed by atoms with E-state index in [1.165, 1.54) is 0 Å². The maximum Gasteiger partial charge on any atom is 0.214 e. The number of ether oxygens (including phenoxy) is 2. The van der Waals surface area contributed by atoms with Crippen LogP contribution in [0.25, 0.3) is 0 Å². The Hall–Kier alpha value is -0.170. The first kappa shape index (κ1) is 25.9. The van der Waals surface area contributed by atoms with Gasteiger partial charge >= 0.3 is 0 Å². The molecule has 2 saturated heterocycles. The number of nitrogens with zero attached hydrogens (tertiary/aromatic N) is 2. The van der Waals surface area contributed by atoms with Gasteiger partial charge in [-0.05, 0) is 38.5 Å². The molecule has 2 N–H and O–H groups in total. The number of guanidine groups is 1. The molecule has 10 heteroatoms. The number of hydrogen-bond donors (Lipinski definition) is 2. The summed E-state index contributed by atoms with van der Waals surface area (Å²) in [6.07, 6.45) is 5.51. The minimum absolute atomic E-state index is 0. The lowest BCUT2D eigenvalue weighted by Gasteiger charge is -2.32. The van der Waals surface area contributed by atoms with Gasteiger partial charge in [0.1, 0.15) is 0 Å². The molecule has 0 aromatic carbocycles. The molecule has 166 valence electrons. The zero-order valence-electron chi connectivity index (χ0n) is 17.2. The first-order chi connectivity index (χ1) is 13.0. The van der Waals surface area contributed by atoms with Crippen LogP contribution >= 0.6 is 24.0 Å². The van der Waals surface area contributed by atoms with E-state index in [4.69, 9.17) is 9.47 Å². The van der Waals surface area contributed by atoms with Gasteiger partial charge in [0.2, 0.25) is 10.0 Å². The average Bonchev–Trinajstić information content (AvgIpc) is 2.68. The highest BCUT2D eigenvalue weighted by atomic mass is 127. The first-order valence-corrected chi connectivity index (χ1v) is 11.8. The quantitative estimate of drug-likeness (QED) is 0.203. The van der Waals surface area contributed by atoms with Crippen LogP contribution in [-0.2, 0) is 19.5 Å². The molecule has 2 fully saturated rings. The Morgan fingerprint density at radius 3 is 2.50 bits per heavy atom. The predicted octanol–water partition coefficient (Wildman–Crippen LogP) is 1.56. The van der Waals surface area contributed by atoms with Crippen LogP contribution in [0.4, 0.5) is 0 Å². The Morgan fingerprint density at radius 1 is 1.21 bits per heavy atom. The van der Waals surface area contributed by atoms with Crippen LogP contribution < -0.4 is 10.6 Å². The number of rotatable bonds is 9. The summed E-state index contributed by atoms with van der Waals surface area (Å²) in [6.45, 7) is 6.20. The van der Waals surface area contributed by atoms with Crippen molar-refractivity contribution in [3.8, 4) is 0 Å². The van der Waals surface area contributed by atoms with E-state index >= 15 is 0 Å². The standard InChI is InChI=1S/C18H36N4O4S.HI/c1-3-15-27(23,24)22-10-5-16(6-11-22)21-18(19-2)20-9-4-12-26-17-7-13-25-14-8-17;/h16-17H,3-15H2,1-2H3,(H2,19,20,21);1H. The van der Waals surface area contributed by atoms with Crippen molar-refractivity contribution >= 4 is 40.0 Å². The summed E-state index contributed by atoms with van der Waals surface area (Å²) in [5, 5.41) is 6.73. The van der Waals surface area contributed by atoms with Gasteiger partial charge in [-0.3, -0.25) is 4.99 Å². The number of piperidine rings is 1. The molecule has 0 amide bonds. The number of hydrogen-bond acceptors (Lipinski definition) is 5. The molecule has 2 aliphatic rings. The second-order valence-electron chi connectivity index (χ2n) is 7.17. The lowest BCUT2D eigenvalue weighted by atomic mass is 10.1. The average molecular weight is 532 g/mol. The summed E-state index contributed by atoms with van der Waals surface area (Å²) in [5.41, 5.74) is 0. The Morgan fingerprint density at radius 2 is 1.89 bits per heavy atom. The minimum atomic E-state index is -3.08. The first-order valence-electron chi connectivity index (χ1n) is 10.2. The minimum Gasteiger partial charge on any atom is -0.381 e. The summed E-state index contributed by atoms with van der Waals surface area (Å²) in [5.74, 6) is 1.01. The third kappa shape index (κ3) is 9.10. The molecule has 2 heterocycles. The lowest BCUT2D eigenvalue weighted by molar-refractivity contribution is -0.0320. The SMILES string of the molecule is CCCS(=O)(=O)N1CCC(NC(=NC)NCCCOC2CCOCC2)CC1.I. The largest absolute Gasteiger partial charge is 0.381 e. The summed E-state index contributed by atoms with van der Waals surface area (Å²) in [4.78, 5) is 4.27. The van der Waals surface area contributed by atoms with Crippen LogP contribution in [-0.4, -0.2) is 83.1 Å². The normalized spacial score (nSPS) is 20.6. The lowest BCUT2D eigenvalue weighted by Crippen LogP contribution is -2.50. The van der Waals surface area contributed by atoms with E-state index in [9.17, 15) is 8.42 Å². The summed E-state index contributed by atoms with van der Waals surface area (Å²) in [7, 11) is -1.32. The fourth-order valence-electron chi connectivity index (χ4n) is 3.42. The Labute approximate surface area is 187 Å². The van der Waals surface area contributed by atoms with E-state index < -0.39 is 10.0 Å². The molecule has 0 atom stereocenters. The molecule has 8 nitrogen and oxygen atoms in total. The maximum atomic E-state index is 12.1. The number of aliphatic imine (C=N–C) groups is 1. The van der Waals surface area contributed by atoms with Crippen molar-refractivity contribution in [2.24, 2.45) is 4.99 Å². The molecule has 0 bridgehead atoms.